The highest BCUT2D eigenvalue weighted by Gasteiger charge is 2.19. The molecular weight excluding hydrogens is 197 g/mol. The van der Waals surface area contributed by atoms with Crippen molar-refractivity contribution in [1.29, 1.82) is 5.26 Å². The molecule has 1 N–H and O–H groups in total. The van der Waals surface area contributed by atoms with Crippen LogP contribution in [0.5, 0.6) is 5.75 Å². The smallest absolute Gasteiger partial charge is 0.284 e. The molecular formula is C8H5F3N2O. The van der Waals surface area contributed by atoms with Crippen molar-refractivity contribution < 1.29 is 18.3 Å². The van der Waals surface area contributed by atoms with Gasteiger partial charge < -0.3 is 5.11 Å². The molecule has 0 atom stereocenters. The largest absolute Gasteiger partial charge is 0.503 e. The summed E-state index contributed by atoms with van der Waals surface area (Å²) in [5, 5.41) is 17.1. The summed E-state index contributed by atoms with van der Waals surface area (Å²) in [6.45, 7) is 0. The van der Waals surface area contributed by atoms with Gasteiger partial charge in [-0.3, -0.25) is 0 Å². The van der Waals surface area contributed by atoms with Crippen LogP contribution in [-0.4, -0.2) is 10.1 Å². The molecule has 0 aliphatic carbocycles. The van der Waals surface area contributed by atoms with Crippen LogP contribution in [0.2, 0.25) is 0 Å². The van der Waals surface area contributed by atoms with E-state index in [1.54, 1.807) is 6.07 Å². The van der Waals surface area contributed by atoms with Crippen LogP contribution in [0.15, 0.2) is 6.07 Å². The van der Waals surface area contributed by atoms with Crippen molar-refractivity contribution in [2.75, 3.05) is 0 Å². The topological polar surface area (TPSA) is 56.9 Å². The van der Waals surface area contributed by atoms with E-state index in [9.17, 15) is 13.2 Å². The Bertz CT molecular complexity index is 387. The van der Waals surface area contributed by atoms with Crippen molar-refractivity contribution in [2.45, 2.75) is 12.8 Å². The quantitative estimate of drug-likeness (QED) is 0.797. The highest BCUT2D eigenvalue weighted by molar-refractivity contribution is 5.31. The summed E-state index contributed by atoms with van der Waals surface area (Å²) in [5.74, 6) is -2.36. The van der Waals surface area contributed by atoms with Crippen LogP contribution in [-0.2, 0) is 6.42 Å². The van der Waals surface area contributed by atoms with Crippen LogP contribution in [0.3, 0.4) is 0 Å². The lowest BCUT2D eigenvalue weighted by Gasteiger charge is -2.04. The Hall–Kier alpha value is -1.77. The molecule has 0 spiro atoms. The molecule has 0 unspecified atom stereocenters. The van der Waals surface area contributed by atoms with Crippen LogP contribution < -0.4 is 0 Å². The Morgan fingerprint density at radius 2 is 2.21 bits per heavy atom. The summed E-state index contributed by atoms with van der Waals surface area (Å²) in [6, 6.07) is 2.40. The molecule has 0 saturated heterocycles. The van der Waals surface area contributed by atoms with E-state index in [1.165, 1.54) is 0 Å². The monoisotopic (exact) mass is 202 g/mol. The van der Waals surface area contributed by atoms with Crippen LogP contribution >= 0.6 is 0 Å². The van der Waals surface area contributed by atoms with Gasteiger partial charge in [0.1, 0.15) is 0 Å². The van der Waals surface area contributed by atoms with Crippen molar-refractivity contribution in [3.8, 4) is 11.8 Å². The fourth-order valence-electron chi connectivity index (χ4n) is 0.901. The van der Waals surface area contributed by atoms with Crippen molar-refractivity contribution in [2.24, 2.45) is 0 Å². The maximum atomic E-state index is 12.8. The summed E-state index contributed by atoms with van der Waals surface area (Å²) in [4.78, 5) is 3.26. The predicted molar refractivity (Wildman–Crippen MR) is 40.1 cm³/mol. The maximum absolute atomic E-state index is 12.8. The Kier molecular flexibility index (Phi) is 2.92. The molecule has 74 valence electrons. The first kappa shape index (κ1) is 10.3. The van der Waals surface area contributed by atoms with Crippen molar-refractivity contribution in [1.82, 2.24) is 4.98 Å². The lowest BCUT2D eigenvalue weighted by molar-refractivity contribution is 0.140. The third-order valence-electron chi connectivity index (χ3n) is 1.49. The zero-order chi connectivity index (χ0) is 10.7. The average Bonchev–Trinajstić information content (AvgIpc) is 2.11. The number of nitriles is 1. The lowest BCUT2D eigenvalue weighted by atomic mass is 10.2. The third kappa shape index (κ3) is 1.93. The van der Waals surface area contributed by atoms with E-state index in [4.69, 9.17) is 10.4 Å². The van der Waals surface area contributed by atoms with Crippen LogP contribution in [0.25, 0.3) is 0 Å². The highest BCUT2D eigenvalue weighted by atomic mass is 19.3. The molecule has 0 fully saturated rings. The van der Waals surface area contributed by atoms with Crippen molar-refractivity contribution in [3.05, 3.63) is 23.3 Å². The van der Waals surface area contributed by atoms with E-state index in [-0.39, 0.29) is 12.1 Å². The van der Waals surface area contributed by atoms with Gasteiger partial charge in [-0.15, -0.1) is 0 Å². The Balaban J connectivity index is 3.22. The predicted octanol–water partition coefficient (Wildman–Crippen LogP) is 1.93. The van der Waals surface area contributed by atoms with E-state index < -0.39 is 23.7 Å². The summed E-state index contributed by atoms with van der Waals surface area (Å²) in [5.41, 5.74) is -1.16. The maximum Gasteiger partial charge on any atom is 0.284 e. The number of pyridine rings is 1. The van der Waals surface area contributed by atoms with Gasteiger partial charge in [-0.1, -0.05) is 0 Å². The standard InChI is InChI=1S/C8H5F3N2O/c9-5-3-4(1-2-12)13-6(7(5)14)8(10)11/h3,8,14H,1H2. The molecule has 0 amide bonds. The fraction of sp³-hybridized carbons (Fsp3) is 0.250. The number of nitrogens with zero attached hydrogens (tertiary/aromatic N) is 2. The van der Waals surface area contributed by atoms with Gasteiger partial charge >= 0.3 is 0 Å². The van der Waals surface area contributed by atoms with Crippen molar-refractivity contribution >= 4 is 0 Å². The molecule has 1 aromatic heterocycles. The van der Waals surface area contributed by atoms with Gasteiger partial charge in [0.2, 0.25) is 0 Å². The third-order valence-corrected chi connectivity index (χ3v) is 1.49. The zero-order valence-corrected chi connectivity index (χ0v) is 6.84. The minimum atomic E-state index is -3.07. The molecule has 0 radical (unpaired) electrons. The lowest BCUT2D eigenvalue weighted by Crippen LogP contribution is -1.98. The van der Waals surface area contributed by atoms with E-state index in [1.807, 2.05) is 0 Å². The molecule has 1 heterocycles. The fourth-order valence-corrected chi connectivity index (χ4v) is 0.901. The highest BCUT2D eigenvalue weighted by Crippen LogP contribution is 2.28. The first-order chi connectivity index (χ1) is 6.56. The molecule has 3 nitrogen and oxygen atoms in total. The van der Waals surface area contributed by atoms with Gasteiger partial charge in [0.25, 0.3) is 6.43 Å². The van der Waals surface area contributed by atoms with Crippen LogP contribution in [0.1, 0.15) is 17.8 Å². The summed E-state index contributed by atoms with van der Waals surface area (Å²) < 4.78 is 37.1. The second kappa shape index (κ2) is 3.96. The Morgan fingerprint density at radius 3 is 2.71 bits per heavy atom. The molecule has 6 heteroatoms. The second-order valence-electron chi connectivity index (χ2n) is 2.46. The molecule has 0 aliphatic heterocycles. The molecule has 0 saturated carbocycles. The number of alkyl halides is 2. The number of halogens is 3. The van der Waals surface area contributed by atoms with Crippen LogP contribution in [0, 0.1) is 17.1 Å². The minimum absolute atomic E-state index is 0.127. The minimum Gasteiger partial charge on any atom is -0.503 e. The van der Waals surface area contributed by atoms with Gasteiger partial charge in [-0.25, -0.2) is 18.2 Å². The molecule has 0 bridgehead atoms. The second-order valence-corrected chi connectivity index (χ2v) is 2.46. The first-order valence-corrected chi connectivity index (χ1v) is 3.59. The van der Waals surface area contributed by atoms with E-state index >= 15 is 0 Å². The van der Waals surface area contributed by atoms with Gasteiger partial charge in [0.15, 0.2) is 17.3 Å². The van der Waals surface area contributed by atoms with Gasteiger partial charge in [0.05, 0.1) is 18.2 Å². The molecule has 0 aromatic carbocycles. The normalized spacial score (nSPS) is 10.2. The zero-order valence-electron chi connectivity index (χ0n) is 6.84. The van der Waals surface area contributed by atoms with Gasteiger partial charge in [0, 0.05) is 6.07 Å². The van der Waals surface area contributed by atoms with E-state index in [0.29, 0.717) is 0 Å². The number of rotatable bonds is 2. The summed E-state index contributed by atoms with van der Waals surface area (Å²) in [7, 11) is 0. The molecule has 1 rings (SSSR count). The number of aromatic hydroxyl groups is 1. The number of hydrogen-bond donors (Lipinski definition) is 1. The van der Waals surface area contributed by atoms with E-state index in [0.717, 1.165) is 6.07 Å². The summed E-state index contributed by atoms with van der Waals surface area (Å²) >= 11 is 0. The summed E-state index contributed by atoms with van der Waals surface area (Å²) in [6.07, 6.45) is -3.35. The number of hydrogen-bond acceptors (Lipinski definition) is 3. The number of aromatic nitrogens is 1. The first-order valence-electron chi connectivity index (χ1n) is 3.59. The average molecular weight is 202 g/mol. The van der Waals surface area contributed by atoms with Crippen molar-refractivity contribution in [3.63, 3.8) is 0 Å². The Labute approximate surface area is 77.4 Å². The van der Waals surface area contributed by atoms with Gasteiger partial charge in [-0.05, 0) is 0 Å². The van der Waals surface area contributed by atoms with Crippen LogP contribution in [0.4, 0.5) is 13.2 Å². The van der Waals surface area contributed by atoms with E-state index in [2.05, 4.69) is 4.98 Å². The Morgan fingerprint density at radius 1 is 1.57 bits per heavy atom. The molecule has 1 aromatic rings. The molecule has 14 heavy (non-hydrogen) atoms. The van der Waals surface area contributed by atoms with Gasteiger partial charge in [-0.2, -0.15) is 5.26 Å². The molecule has 0 aliphatic rings. The SMILES string of the molecule is N#CCc1cc(F)c(O)c(C(F)F)n1.